The zero-order valence-corrected chi connectivity index (χ0v) is 12.6. The van der Waals surface area contributed by atoms with Gasteiger partial charge in [0.1, 0.15) is 0 Å². The van der Waals surface area contributed by atoms with Crippen molar-refractivity contribution in [3.63, 3.8) is 0 Å². The van der Waals surface area contributed by atoms with Gasteiger partial charge < -0.3 is 11.1 Å². The molecular formula is C18H22N2O. The molecule has 0 heterocycles. The average Bonchev–Trinajstić information content (AvgIpc) is 2.50. The molecule has 3 nitrogen and oxygen atoms in total. The van der Waals surface area contributed by atoms with Gasteiger partial charge in [-0.1, -0.05) is 55.3 Å². The number of carbonyl (C=O) groups excluding carboxylic acids is 1. The Balaban J connectivity index is 2.20. The van der Waals surface area contributed by atoms with Crippen LogP contribution in [0, 0.1) is 6.92 Å². The molecular weight excluding hydrogens is 260 g/mol. The highest BCUT2D eigenvalue weighted by Crippen LogP contribution is 2.20. The fraction of sp³-hybridized carbons (Fsp3) is 0.278. The van der Waals surface area contributed by atoms with E-state index in [1.54, 1.807) is 6.07 Å². The van der Waals surface area contributed by atoms with Gasteiger partial charge in [-0.05, 0) is 31.0 Å². The Hall–Kier alpha value is -2.29. The second-order valence-electron chi connectivity index (χ2n) is 5.32. The minimum Gasteiger partial charge on any atom is -0.398 e. The molecule has 2 aromatic rings. The Bertz CT molecular complexity index is 608. The molecule has 0 aromatic heterocycles. The second kappa shape index (κ2) is 6.93. The number of nitrogens with two attached hydrogens (primary N) is 1. The summed E-state index contributed by atoms with van der Waals surface area (Å²) in [5, 5.41) is 3.10. The molecule has 0 spiro atoms. The Kier molecular flexibility index (Phi) is 4.99. The van der Waals surface area contributed by atoms with E-state index in [9.17, 15) is 4.79 Å². The highest BCUT2D eigenvalue weighted by atomic mass is 16.1. The van der Waals surface area contributed by atoms with Crippen molar-refractivity contribution in [2.45, 2.75) is 32.7 Å². The number of rotatable bonds is 5. The summed E-state index contributed by atoms with van der Waals surface area (Å²) in [5.74, 6) is -0.112. The monoisotopic (exact) mass is 282 g/mol. The van der Waals surface area contributed by atoms with E-state index in [0.29, 0.717) is 11.3 Å². The van der Waals surface area contributed by atoms with E-state index in [-0.39, 0.29) is 11.9 Å². The van der Waals surface area contributed by atoms with Crippen LogP contribution >= 0.6 is 0 Å². The Morgan fingerprint density at radius 2 is 1.90 bits per heavy atom. The van der Waals surface area contributed by atoms with Crippen LogP contribution in [0.1, 0.15) is 47.3 Å². The maximum atomic E-state index is 12.5. The van der Waals surface area contributed by atoms with Crippen molar-refractivity contribution in [3.8, 4) is 0 Å². The normalized spacial score (nSPS) is 11.9. The molecule has 3 heteroatoms. The van der Waals surface area contributed by atoms with Crippen LogP contribution in [-0.4, -0.2) is 5.91 Å². The summed E-state index contributed by atoms with van der Waals surface area (Å²) in [6, 6.07) is 15.6. The van der Waals surface area contributed by atoms with Crippen molar-refractivity contribution in [3.05, 3.63) is 65.2 Å². The van der Waals surface area contributed by atoms with Crippen molar-refractivity contribution < 1.29 is 4.79 Å². The highest BCUT2D eigenvalue weighted by Gasteiger charge is 2.16. The molecule has 0 aliphatic carbocycles. The first kappa shape index (κ1) is 15.1. The molecule has 110 valence electrons. The molecule has 2 aromatic carbocycles. The third kappa shape index (κ3) is 3.85. The molecule has 0 saturated carbocycles. The van der Waals surface area contributed by atoms with Gasteiger partial charge in [-0.2, -0.15) is 0 Å². The van der Waals surface area contributed by atoms with E-state index >= 15 is 0 Å². The van der Waals surface area contributed by atoms with Crippen LogP contribution in [-0.2, 0) is 0 Å². The van der Waals surface area contributed by atoms with Crippen LogP contribution in [0.25, 0.3) is 0 Å². The van der Waals surface area contributed by atoms with Gasteiger partial charge in [0.15, 0.2) is 0 Å². The van der Waals surface area contributed by atoms with Crippen molar-refractivity contribution in [2.75, 3.05) is 5.73 Å². The van der Waals surface area contributed by atoms with Gasteiger partial charge in [0, 0.05) is 5.69 Å². The van der Waals surface area contributed by atoms with Crippen LogP contribution in [0.5, 0.6) is 0 Å². The molecule has 0 bridgehead atoms. The third-order valence-electron chi connectivity index (χ3n) is 3.54. The zero-order chi connectivity index (χ0) is 15.2. The first-order valence-electron chi connectivity index (χ1n) is 7.33. The smallest absolute Gasteiger partial charge is 0.253 e. The molecule has 0 aliphatic rings. The van der Waals surface area contributed by atoms with Crippen molar-refractivity contribution in [1.82, 2.24) is 5.32 Å². The van der Waals surface area contributed by atoms with Crippen molar-refractivity contribution in [1.29, 1.82) is 0 Å². The standard InChI is InChI=1S/C18H22N2O/c1-3-7-17(14-8-5-4-6-9-14)20-18(21)15-12-13(2)10-11-16(15)19/h4-6,8-12,17H,3,7,19H2,1-2H3,(H,20,21). The topological polar surface area (TPSA) is 55.1 Å². The average molecular weight is 282 g/mol. The molecule has 21 heavy (non-hydrogen) atoms. The molecule has 0 aliphatic heterocycles. The van der Waals surface area contributed by atoms with E-state index in [1.165, 1.54) is 0 Å². The Morgan fingerprint density at radius 3 is 2.57 bits per heavy atom. The summed E-state index contributed by atoms with van der Waals surface area (Å²) >= 11 is 0. The highest BCUT2D eigenvalue weighted by molar-refractivity contribution is 5.99. The number of benzene rings is 2. The van der Waals surface area contributed by atoms with Gasteiger partial charge in [0.2, 0.25) is 0 Å². The number of hydrogen-bond donors (Lipinski definition) is 2. The van der Waals surface area contributed by atoms with Gasteiger partial charge >= 0.3 is 0 Å². The van der Waals surface area contributed by atoms with Crippen LogP contribution in [0.3, 0.4) is 0 Å². The molecule has 2 rings (SSSR count). The summed E-state index contributed by atoms with van der Waals surface area (Å²) in [6.07, 6.45) is 1.91. The molecule has 0 saturated heterocycles. The summed E-state index contributed by atoms with van der Waals surface area (Å²) in [6.45, 7) is 4.07. The second-order valence-corrected chi connectivity index (χ2v) is 5.32. The molecule has 1 amide bonds. The lowest BCUT2D eigenvalue weighted by Gasteiger charge is -2.19. The molecule has 0 radical (unpaired) electrons. The van der Waals surface area contributed by atoms with Gasteiger partial charge in [-0.3, -0.25) is 4.79 Å². The number of amides is 1. The number of anilines is 1. The predicted molar refractivity (Wildman–Crippen MR) is 87.1 cm³/mol. The quantitative estimate of drug-likeness (QED) is 0.818. The molecule has 1 unspecified atom stereocenters. The third-order valence-corrected chi connectivity index (χ3v) is 3.54. The van der Waals surface area contributed by atoms with Crippen LogP contribution in [0.4, 0.5) is 5.69 Å². The molecule has 0 fully saturated rings. The predicted octanol–water partition coefficient (Wildman–Crippen LogP) is 3.85. The minimum atomic E-state index is -0.112. The van der Waals surface area contributed by atoms with Gasteiger partial charge in [0.25, 0.3) is 5.91 Å². The number of nitrogens with one attached hydrogen (secondary N) is 1. The number of hydrogen-bond acceptors (Lipinski definition) is 2. The fourth-order valence-corrected chi connectivity index (χ4v) is 2.40. The Labute approximate surface area is 126 Å². The van der Waals surface area contributed by atoms with Gasteiger partial charge in [-0.25, -0.2) is 0 Å². The van der Waals surface area contributed by atoms with Crippen LogP contribution in [0.2, 0.25) is 0 Å². The summed E-state index contributed by atoms with van der Waals surface area (Å²) < 4.78 is 0. The molecule has 1 atom stereocenters. The van der Waals surface area contributed by atoms with E-state index in [2.05, 4.69) is 12.2 Å². The fourth-order valence-electron chi connectivity index (χ4n) is 2.40. The summed E-state index contributed by atoms with van der Waals surface area (Å²) in [5.41, 5.74) is 9.13. The number of nitrogen functional groups attached to an aromatic ring is 1. The first-order valence-corrected chi connectivity index (χ1v) is 7.33. The lowest BCUT2D eigenvalue weighted by Crippen LogP contribution is -2.29. The summed E-state index contributed by atoms with van der Waals surface area (Å²) in [7, 11) is 0. The minimum absolute atomic E-state index is 0.0172. The van der Waals surface area contributed by atoms with E-state index in [4.69, 9.17) is 5.73 Å². The maximum Gasteiger partial charge on any atom is 0.253 e. The van der Waals surface area contributed by atoms with Crippen molar-refractivity contribution in [2.24, 2.45) is 0 Å². The summed E-state index contributed by atoms with van der Waals surface area (Å²) in [4.78, 5) is 12.5. The molecule has 3 N–H and O–H groups in total. The Morgan fingerprint density at radius 1 is 1.19 bits per heavy atom. The van der Waals surface area contributed by atoms with Crippen LogP contribution in [0.15, 0.2) is 48.5 Å². The number of aryl methyl sites for hydroxylation is 1. The lowest BCUT2D eigenvalue weighted by molar-refractivity contribution is 0.0935. The van der Waals surface area contributed by atoms with Gasteiger partial charge in [-0.15, -0.1) is 0 Å². The lowest BCUT2D eigenvalue weighted by atomic mass is 10.0. The van der Waals surface area contributed by atoms with E-state index in [1.807, 2.05) is 49.4 Å². The SMILES string of the molecule is CCCC(NC(=O)c1cc(C)ccc1N)c1ccccc1. The van der Waals surface area contributed by atoms with Gasteiger partial charge in [0.05, 0.1) is 11.6 Å². The van der Waals surface area contributed by atoms with E-state index < -0.39 is 0 Å². The largest absolute Gasteiger partial charge is 0.398 e. The van der Waals surface area contributed by atoms with Crippen LogP contribution < -0.4 is 11.1 Å². The number of carbonyl (C=O) groups is 1. The first-order chi connectivity index (χ1) is 10.1. The maximum absolute atomic E-state index is 12.5. The zero-order valence-electron chi connectivity index (χ0n) is 12.6. The van der Waals surface area contributed by atoms with E-state index in [0.717, 1.165) is 24.0 Å². The van der Waals surface area contributed by atoms with Crippen molar-refractivity contribution >= 4 is 11.6 Å².